The molecule has 5 nitrogen and oxygen atoms in total. The number of aryl methyl sites for hydroxylation is 1. The number of nitrogens with zero attached hydrogens (tertiary/aromatic N) is 1. The van der Waals surface area contributed by atoms with Gasteiger partial charge in [0.2, 0.25) is 5.91 Å². The van der Waals surface area contributed by atoms with E-state index in [0.29, 0.717) is 17.7 Å². The molecule has 2 aromatic carbocycles. The first-order chi connectivity index (χ1) is 12.0. The maximum atomic E-state index is 12.3. The summed E-state index contributed by atoms with van der Waals surface area (Å²) in [6.45, 7) is 2.49. The molecule has 0 radical (unpaired) electrons. The van der Waals surface area contributed by atoms with Crippen LogP contribution in [0.2, 0.25) is 0 Å². The molecule has 0 fully saturated rings. The smallest absolute Gasteiger partial charge is 0.261 e. The Balaban J connectivity index is 1.57. The van der Waals surface area contributed by atoms with Gasteiger partial charge in [-0.2, -0.15) is 0 Å². The van der Waals surface area contributed by atoms with E-state index in [0.717, 1.165) is 20.5 Å². The van der Waals surface area contributed by atoms with Gasteiger partial charge >= 0.3 is 0 Å². The number of rotatable bonds is 5. The number of nitrogens with one attached hydrogen (secondary N) is 1. The van der Waals surface area contributed by atoms with Crippen LogP contribution in [-0.2, 0) is 11.3 Å². The average Bonchev–Trinajstić information content (AvgIpc) is 2.83. The van der Waals surface area contributed by atoms with Crippen molar-refractivity contribution in [2.24, 2.45) is 0 Å². The third-order valence-corrected chi connectivity index (χ3v) is 4.73. The minimum absolute atomic E-state index is 0.0730. The molecule has 0 saturated heterocycles. The second-order valence-corrected chi connectivity index (χ2v) is 6.82. The Labute approximate surface area is 154 Å². The molecule has 1 aliphatic rings. The summed E-state index contributed by atoms with van der Waals surface area (Å²) >= 11 is 3.30. The maximum Gasteiger partial charge on any atom is 0.261 e. The second-order valence-electron chi connectivity index (χ2n) is 5.91. The molecule has 1 heterocycles. The zero-order valence-electron chi connectivity index (χ0n) is 13.7. The molecule has 25 heavy (non-hydrogen) atoms. The summed E-state index contributed by atoms with van der Waals surface area (Å²) < 4.78 is 0.741. The molecule has 0 spiro atoms. The van der Waals surface area contributed by atoms with Gasteiger partial charge in [-0.1, -0.05) is 40.2 Å². The van der Waals surface area contributed by atoms with Crippen molar-refractivity contribution in [3.05, 3.63) is 69.2 Å². The van der Waals surface area contributed by atoms with Gasteiger partial charge in [0.15, 0.2) is 0 Å². The van der Waals surface area contributed by atoms with E-state index in [2.05, 4.69) is 21.2 Å². The maximum absolute atomic E-state index is 12.3. The van der Waals surface area contributed by atoms with Crippen molar-refractivity contribution in [3.8, 4) is 0 Å². The molecule has 0 atom stereocenters. The minimum atomic E-state index is -0.354. The normalized spacial score (nSPS) is 13.1. The lowest BCUT2D eigenvalue weighted by Crippen LogP contribution is -2.34. The topological polar surface area (TPSA) is 66.5 Å². The van der Waals surface area contributed by atoms with Gasteiger partial charge < -0.3 is 5.32 Å². The Morgan fingerprint density at radius 2 is 1.80 bits per heavy atom. The summed E-state index contributed by atoms with van der Waals surface area (Å²) in [5.74, 6) is -0.895. The van der Waals surface area contributed by atoms with E-state index in [1.54, 1.807) is 18.2 Å². The van der Waals surface area contributed by atoms with Crippen LogP contribution in [0.1, 0.15) is 38.3 Å². The van der Waals surface area contributed by atoms with E-state index < -0.39 is 0 Å². The Morgan fingerprint density at radius 1 is 1.08 bits per heavy atom. The molecule has 6 heteroatoms. The summed E-state index contributed by atoms with van der Waals surface area (Å²) in [6, 6.07) is 12.8. The van der Waals surface area contributed by atoms with Gasteiger partial charge in [-0.15, -0.1) is 0 Å². The third kappa shape index (κ3) is 3.64. The monoisotopic (exact) mass is 400 g/mol. The van der Waals surface area contributed by atoms with Crippen molar-refractivity contribution in [3.63, 3.8) is 0 Å². The highest BCUT2D eigenvalue weighted by Crippen LogP contribution is 2.26. The molecular weight excluding hydrogens is 384 g/mol. The van der Waals surface area contributed by atoms with Crippen LogP contribution in [0.3, 0.4) is 0 Å². The molecule has 1 aliphatic heterocycles. The fourth-order valence-electron chi connectivity index (χ4n) is 2.77. The number of benzene rings is 2. The summed E-state index contributed by atoms with van der Waals surface area (Å²) in [6.07, 6.45) is 0.0819. The molecule has 0 saturated carbocycles. The van der Waals surface area contributed by atoms with Crippen LogP contribution in [-0.4, -0.2) is 29.2 Å². The molecule has 3 rings (SSSR count). The molecule has 1 N–H and O–H groups in total. The van der Waals surface area contributed by atoms with Crippen LogP contribution in [0.25, 0.3) is 0 Å². The fraction of sp³-hybridized carbons (Fsp3) is 0.211. The number of hydrogen-bond acceptors (Lipinski definition) is 3. The predicted molar refractivity (Wildman–Crippen MR) is 97.2 cm³/mol. The summed E-state index contributed by atoms with van der Waals surface area (Å²) in [7, 11) is 0. The van der Waals surface area contributed by atoms with Gasteiger partial charge in [-0.3, -0.25) is 19.3 Å². The second kappa shape index (κ2) is 7.19. The Kier molecular flexibility index (Phi) is 4.99. The number of fused-ring (bicyclic) bond motifs is 1. The molecule has 0 bridgehead atoms. The van der Waals surface area contributed by atoms with Gasteiger partial charge in [0, 0.05) is 24.0 Å². The van der Waals surface area contributed by atoms with Gasteiger partial charge in [0.1, 0.15) is 0 Å². The first-order valence-corrected chi connectivity index (χ1v) is 8.73. The summed E-state index contributed by atoms with van der Waals surface area (Å²) in [5, 5.41) is 2.83. The molecule has 0 aromatic heterocycles. The fourth-order valence-corrected chi connectivity index (χ4v) is 3.13. The third-order valence-electron chi connectivity index (χ3n) is 4.23. The summed E-state index contributed by atoms with van der Waals surface area (Å²) in [4.78, 5) is 37.8. The molecule has 0 unspecified atom stereocenters. The minimum Gasteiger partial charge on any atom is -0.352 e. The zero-order valence-corrected chi connectivity index (χ0v) is 15.3. The first-order valence-electron chi connectivity index (χ1n) is 7.94. The number of carbonyl (C=O) groups is 3. The quantitative estimate of drug-likeness (QED) is 0.784. The van der Waals surface area contributed by atoms with E-state index in [4.69, 9.17) is 0 Å². The van der Waals surface area contributed by atoms with Crippen LogP contribution >= 0.6 is 15.9 Å². The van der Waals surface area contributed by atoms with Gasteiger partial charge in [-0.05, 0) is 36.2 Å². The van der Waals surface area contributed by atoms with Crippen LogP contribution < -0.4 is 5.32 Å². The molecule has 3 amide bonds. The van der Waals surface area contributed by atoms with Crippen LogP contribution in [0.15, 0.2) is 46.9 Å². The molecular formula is C19H17BrN2O3. The SMILES string of the molecule is Cc1ccccc1CNC(=O)CCN1C(=O)c2ccc(Br)cc2C1=O. The van der Waals surface area contributed by atoms with Gasteiger partial charge in [0.05, 0.1) is 11.1 Å². The van der Waals surface area contributed by atoms with Crippen molar-refractivity contribution in [2.75, 3.05) is 6.54 Å². The lowest BCUT2D eigenvalue weighted by molar-refractivity contribution is -0.121. The Hall–Kier alpha value is -2.47. The molecule has 128 valence electrons. The molecule has 0 aliphatic carbocycles. The largest absolute Gasteiger partial charge is 0.352 e. The highest BCUT2D eigenvalue weighted by Gasteiger charge is 2.35. The van der Waals surface area contributed by atoms with Gasteiger partial charge in [-0.25, -0.2) is 0 Å². The number of halogens is 1. The van der Waals surface area contributed by atoms with Crippen molar-refractivity contribution >= 4 is 33.7 Å². The van der Waals surface area contributed by atoms with Crippen molar-refractivity contribution < 1.29 is 14.4 Å². The highest BCUT2D eigenvalue weighted by molar-refractivity contribution is 9.10. The number of imide groups is 1. The van der Waals surface area contributed by atoms with Crippen LogP contribution in [0, 0.1) is 6.92 Å². The zero-order chi connectivity index (χ0) is 18.0. The Morgan fingerprint density at radius 3 is 2.56 bits per heavy atom. The highest BCUT2D eigenvalue weighted by atomic mass is 79.9. The number of hydrogen-bond donors (Lipinski definition) is 1. The van der Waals surface area contributed by atoms with Crippen molar-refractivity contribution in [2.45, 2.75) is 19.9 Å². The average molecular weight is 401 g/mol. The van der Waals surface area contributed by atoms with Crippen LogP contribution in [0.4, 0.5) is 0 Å². The first kappa shape index (κ1) is 17.4. The van der Waals surface area contributed by atoms with E-state index >= 15 is 0 Å². The number of carbonyl (C=O) groups excluding carboxylic acids is 3. The lowest BCUT2D eigenvalue weighted by Gasteiger charge is -2.14. The number of amides is 3. The standard InChI is InChI=1S/C19H17BrN2O3/c1-12-4-2-3-5-13(12)11-21-17(23)8-9-22-18(24)15-7-6-14(20)10-16(15)19(22)25/h2-7,10H,8-9,11H2,1H3,(H,21,23). The Bertz CT molecular complexity index is 863. The van der Waals surface area contributed by atoms with E-state index in [1.165, 1.54) is 0 Å². The van der Waals surface area contributed by atoms with Crippen LogP contribution in [0.5, 0.6) is 0 Å². The van der Waals surface area contributed by atoms with E-state index in [9.17, 15) is 14.4 Å². The van der Waals surface area contributed by atoms with E-state index in [1.807, 2.05) is 31.2 Å². The predicted octanol–water partition coefficient (Wildman–Crippen LogP) is 3.06. The molecule has 2 aromatic rings. The van der Waals surface area contributed by atoms with Crippen molar-refractivity contribution in [1.29, 1.82) is 0 Å². The van der Waals surface area contributed by atoms with Gasteiger partial charge in [0.25, 0.3) is 11.8 Å². The van der Waals surface area contributed by atoms with Crippen molar-refractivity contribution in [1.82, 2.24) is 10.2 Å². The lowest BCUT2D eigenvalue weighted by atomic mass is 10.1. The summed E-state index contributed by atoms with van der Waals surface area (Å²) in [5.41, 5.74) is 2.91. The van der Waals surface area contributed by atoms with E-state index in [-0.39, 0.29) is 30.7 Å².